The number of nitrogens with zero attached hydrogens (tertiary/aromatic N) is 2. The van der Waals surface area contributed by atoms with Crippen molar-refractivity contribution in [1.82, 2.24) is 15.2 Å². The van der Waals surface area contributed by atoms with Crippen LogP contribution in [0.1, 0.15) is 78.6 Å². The Labute approximate surface area is 298 Å². The summed E-state index contributed by atoms with van der Waals surface area (Å²) in [6.45, 7) is 9.52. The van der Waals surface area contributed by atoms with Crippen LogP contribution in [-0.4, -0.2) is 83.2 Å². The van der Waals surface area contributed by atoms with Gasteiger partial charge in [-0.3, -0.25) is 24.2 Å². The molecule has 4 fully saturated rings. The Bertz CT molecular complexity index is 1730. The Morgan fingerprint density at radius 1 is 1.14 bits per heavy atom. The topological polar surface area (TPSA) is 149 Å². The Kier molecular flexibility index (Phi) is 10.3. The van der Waals surface area contributed by atoms with E-state index in [0.29, 0.717) is 18.6 Å². The molecule has 0 aromatic carbocycles. The van der Waals surface area contributed by atoms with Crippen LogP contribution in [-0.2, 0) is 33.8 Å². The summed E-state index contributed by atoms with van der Waals surface area (Å²) in [4.78, 5) is 62.3. The summed E-state index contributed by atoms with van der Waals surface area (Å²) in [5.74, 6) is -3.29. The first-order valence-corrected chi connectivity index (χ1v) is 20.2. The molecule has 4 aliphatic rings. The molecule has 2 aromatic rings. The van der Waals surface area contributed by atoms with E-state index in [1.807, 2.05) is 44.4 Å². The fraction of sp³-hybridized carbons (Fsp3) is 0.595. The van der Waals surface area contributed by atoms with Crippen LogP contribution in [0.15, 0.2) is 48.5 Å². The van der Waals surface area contributed by atoms with Gasteiger partial charge >= 0.3 is 5.97 Å². The molecule has 0 bridgehead atoms. The van der Waals surface area contributed by atoms with Gasteiger partial charge in [-0.15, -0.1) is 17.9 Å². The van der Waals surface area contributed by atoms with E-state index >= 15 is 0 Å². The first kappa shape index (κ1) is 36.2. The molecule has 0 unspecified atom stereocenters. The highest BCUT2D eigenvalue weighted by Crippen LogP contribution is 2.46. The van der Waals surface area contributed by atoms with Crippen molar-refractivity contribution in [2.45, 2.75) is 108 Å². The van der Waals surface area contributed by atoms with Gasteiger partial charge in [0.1, 0.15) is 35.3 Å². The molecule has 11 nitrogen and oxygen atoms in total. The van der Waals surface area contributed by atoms with Crippen LogP contribution < -0.4 is 10.1 Å². The molecule has 3 heterocycles. The number of carbonyl (C=O) groups is 4. The standard InChI is InChI=1S/C37H47N3O8S2/c1-5-23-20-37(23,32(41)22-50(45,46)27-12-13-27)39-34(43)30-18-26(47-25-14-15-38-29(17-25)31-11-8-16-49-31)21-40(30)35(44)28(36(2,3)4)19-33(42)48-24-9-6-7-10-24/h5,8,11,14-17,23-24,26-28,30H,1,6-7,9-10,12-13,18-22H2,2-4H3,(H,39,43)/t23-,26-,28-,30+,37-/m1/s1. The van der Waals surface area contributed by atoms with Crippen LogP contribution in [0.2, 0.25) is 0 Å². The molecule has 1 saturated heterocycles. The largest absolute Gasteiger partial charge is 0.488 e. The van der Waals surface area contributed by atoms with Crippen molar-refractivity contribution in [2.24, 2.45) is 17.3 Å². The van der Waals surface area contributed by atoms with Gasteiger partial charge in [0.15, 0.2) is 15.6 Å². The maximum Gasteiger partial charge on any atom is 0.306 e. The van der Waals surface area contributed by atoms with Crippen LogP contribution in [0.25, 0.3) is 10.6 Å². The van der Waals surface area contributed by atoms with E-state index in [-0.39, 0.29) is 37.8 Å². The second kappa shape index (κ2) is 14.2. The summed E-state index contributed by atoms with van der Waals surface area (Å²) >= 11 is 1.55. The van der Waals surface area contributed by atoms with Crippen LogP contribution in [0, 0.1) is 17.3 Å². The molecule has 1 aliphatic heterocycles. The van der Waals surface area contributed by atoms with E-state index in [4.69, 9.17) is 9.47 Å². The van der Waals surface area contributed by atoms with Gasteiger partial charge in [-0.1, -0.05) is 32.9 Å². The summed E-state index contributed by atoms with van der Waals surface area (Å²) in [6.07, 6.45) is 7.40. The highest BCUT2D eigenvalue weighted by atomic mass is 32.2. The van der Waals surface area contributed by atoms with Gasteiger partial charge in [0.05, 0.1) is 34.7 Å². The molecule has 3 aliphatic carbocycles. The highest BCUT2D eigenvalue weighted by Gasteiger charge is 2.61. The summed E-state index contributed by atoms with van der Waals surface area (Å²) in [7, 11) is -3.62. The number of likely N-dealkylation sites (tertiary alicyclic amines) is 1. The maximum absolute atomic E-state index is 14.5. The lowest BCUT2D eigenvalue weighted by molar-refractivity contribution is -0.156. The number of hydrogen-bond acceptors (Lipinski definition) is 10. The monoisotopic (exact) mass is 725 g/mol. The minimum atomic E-state index is -3.62. The zero-order valence-electron chi connectivity index (χ0n) is 29.0. The Morgan fingerprint density at radius 3 is 2.50 bits per heavy atom. The zero-order chi connectivity index (χ0) is 35.8. The third kappa shape index (κ3) is 7.98. The van der Waals surface area contributed by atoms with E-state index in [1.54, 1.807) is 29.7 Å². The molecule has 6 rings (SSSR count). The number of carbonyl (C=O) groups excluding carboxylic acids is 4. The quantitative estimate of drug-likeness (QED) is 0.212. The Hall–Kier alpha value is -3.58. The van der Waals surface area contributed by atoms with Gasteiger partial charge < -0.3 is 19.7 Å². The zero-order valence-corrected chi connectivity index (χ0v) is 30.6. The number of thiophene rings is 1. The SMILES string of the molecule is C=C[C@@H]1C[C@]1(NC(=O)[C@@H]1C[C@@H](Oc2ccnc(-c3cccs3)c2)CN1C(=O)[C@@H](CC(=O)OC1CCCC1)C(C)(C)C)C(=O)CS(=O)(=O)C1CC1. The lowest BCUT2D eigenvalue weighted by Crippen LogP contribution is -2.55. The Balaban J connectivity index is 1.24. The number of amides is 2. The van der Waals surface area contributed by atoms with Crippen LogP contribution in [0.4, 0.5) is 0 Å². The van der Waals surface area contributed by atoms with Gasteiger partial charge in [-0.2, -0.15) is 0 Å². The van der Waals surface area contributed by atoms with Crippen LogP contribution in [0.5, 0.6) is 5.75 Å². The Morgan fingerprint density at radius 2 is 1.88 bits per heavy atom. The number of aromatic nitrogens is 1. The fourth-order valence-electron chi connectivity index (χ4n) is 7.25. The fourth-order valence-corrected chi connectivity index (χ4v) is 9.65. The summed E-state index contributed by atoms with van der Waals surface area (Å²) in [5.41, 5.74) is -1.31. The summed E-state index contributed by atoms with van der Waals surface area (Å²) < 4.78 is 37.7. The second-order valence-electron chi connectivity index (χ2n) is 15.3. The molecule has 0 spiro atoms. The van der Waals surface area contributed by atoms with Crippen molar-refractivity contribution in [3.8, 4) is 16.3 Å². The van der Waals surface area contributed by atoms with Crippen molar-refractivity contribution in [3.63, 3.8) is 0 Å². The van der Waals surface area contributed by atoms with Gasteiger partial charge in [0.25, 0.3) is 0 Å². The molecule has 270 valence electrons. The van der Waals surface area contributed by atoms with Crippen molar-refractivity contribution in [2.75, 3.05) is 12.3 Å². The number of Topliss-reactive ketones (excluding diaryl/α,β-unsaturated/α-hetero) is 1. The summed E-state index contributed by atoms with van der Waals surface area (Å²) in [5, 5.41) is 4.33. The molecular formula is C37H47N3O8S2. The number of sulfone groups is 1. The lowest BCUT2D eigenvalue weighted by Gasteiger charge is -2.35. The number of nitrogens with one attached hydrogen (secondary N) is 1. The molecular weight excluding hydrogens is 679 g/mol. The third-order valence-corrected chi connectivity index (χ3v) is 13.5. The van der Waals surface area contributed by atoms with Crippen molar-refractivity contribution >= 4 is 44.7 Å². The average Bonchev–Trinajstić information content (AvgIpc) is 3.81. The summed E-state index contributed by atoms with van der Waals surface area (Å²) in [6, 6.07) is 6.40. The molecule has 3 saturated carbocycles. The van der Waals surface area contributed by atoms with Gasteiger partial charge in [0.2, 0.25) is 11.8 Å². The van der Waals surface area contributed by atoms with Gasteiger partial charge in [-0.05, 0) is 67.9 Å². The predicted molar refractivity (Wildman–Crippen MR) is 189 cm³/mol. The van der Waals surface area contributed by atoms with Gasteiger partial charge in [0, 0.05) is 24.6 Å². The number of pyridine rings is 1. The number of rotatable bonds is 14. The molecule has 50 heavy (non-hydrogen) atoms. The number of ether oxygens (including phenoxy) is 2. The molecule has 2 amide bonds. The first-order chi connectivity index (χ1) is 23.7. The maximum atomic E-state index is 14.5. The minimum Gasteiger partial charge on any atom is -0.488 e. The average molecular weight is 726 g/mol. The predicted octanol–water partition coefficient (Wildman–Crippen LogP) is 4.90. The molecule has 0 radical (unpaired) electrons. The number of hydrogen-bond donors (Lipinski definition) is 1. The van der Waals surface area contributed by atoms with E-state index in [2.05, 4.69) is 16.9 Å². The molecule has 5 atom stereocenters. The first-order valence-electron chi connectivity index (χ1n) is 17.6. The number of ketones is 1. The van der Waals surface area contributed by atoms with Crippen molar-refractivity contribution in [1.29, 1.82) is 0 Å². The highest BCUT2D eigenvalue weighted by molar-refractivity contribution is 7.93. The van der Waals surface area contributed by atoms with E-state index in [0.717, 1.165) is 36.3 Å². The normalized spacial score (nSPS) is 25.9. The molecule has 1 N–H and O–H groups in total. The van der Waals surface area contributed by atoms with Crippen LogP contribution >= 0.6 is 11.3 Å². The third-order valence-electron chi connectivity index (χ3n) is 10.5. The smallest absolute Gasteiger partial charge is 0.306 e. The second-order valence-corrected chi connectivity index (χ2v) is 18.5. The lowest BCUT2D eigenvalue weighted by atomic mass is 9.77. The van der Waals surface area contributed by atoms with E-state index in [9.17, 15) is 27.6 Å². The van der Waals surface area contributed by atoms with E-state index < -0.39 is 73.4 Å². The molecule has 2 aromatic heterocycles. The van der Waals surface area contributed by atoms with Crippen molar-refractivity contribution in [3.05, 3.63) is 48.5 Å². The van der Waals surface area contributed by atoms with Crippen molar-refractivity contribution < 1.29 is 37.1 Å². The minimum absolute atomic E-state index is 0.0692. The van der Waals surface area contributed by atoms with Crippen LogP contribution in [0.3, 0.4) is 0 Å². The van der Waals surface area contributed by atoms with E-state index in [1.165, 1.54) is 4.90 Å². The number of esters is 1. The van der Waals surface area contributed by atoms with Gasteiger partial charge in [-0.25, -0.2) is 8.42 Å². The molecule has 13 heteroatoms.